The van der Waals surface area contributed by atoms with Crippen molar-refractivity contribution in [1.82, 2.24) is 9.88 Å². The second-order valence-electron chi connectivity index (χ2n) is 9.05. The number of ether oxygens (including phenoxy) is 2. The van der Waals surface area contributed by atoms with Crippen molar-refractivity contribution in [2.45, 2.75) is 39.0 Å². The molecule has 0 bridgehead atoms. The number of benzene rings is 3. The molecule has 0 saturated carbocycles. The van der Waals surface area contributed by atoms with Gasteiger partial charge in [-0.15, -0.1) is 0 Å². The fourth-order valence-electron chi connectivity index (χ4n) is 4.66. The Morgan fingerprint density at radius 1 is 1.00 bits per heavy atom. The zero-order valence-electron chi connectivity index (χ0n) is 20.6. The van der Waals surface area contributed by atoms with E-state index in [0.29, 0.717) is 19.0 Å². The summed E-state index contributed by atoms with van der Waals surface area (Å²) < 4.78 is 17.0. The van der Waals surface area contributed by atoms with Crippen molar-refractivity contribution in [1.29, 1.82) is 0 Å². The lowest BCUT2D eigenvalue weighted by Gasteiger charge is -2.22. The number of nitrogens with zero attached hydrogens (tertiary/aromatic N) is 2. The van der Waals surface area contributed by atoms with E-state index in [-0.39, 0.29) is 12.0 Å². The Morgan fingerprint density at radius 3 is 2.53 bits per heavy atom. The van der Waals surface area contributed by atoms with Crippen LogP contribution in [-0.2, 0) is 22.7 Å². The monoisotopic (exact) mass is 482 g/mol. The van der Waals surface area contributed by atoms with E-state index in [0.717, 1.165) is 53.3 Å². The van der Waals surface area contributed by atoms with Crippen molar-refractivity contribution in [2.75, 3.05) is 13.7 Å². The molecule has 0 spiro atoms. The van der Waals surface area contributed by atoms with Crippen LogP contribution in [0.5, 0.6) is 5.75 Å². The van der Waals surface area contributed by atoms with Crippen LogP contribution in [0, 0.1) is 6.92 Å². The molecule has 1 atom stereocenters. The van der Waals surface area contributed by atoms with Crippen LogP contribution in [0.3, 0.4) is 0 Å². The van der Waals surface area contributed by atoms with Gasteiger partial charge in [0.2, 0.25) is 5.89 Å². The summed E-state index contributed by atoms with van der Waals surface area (Å²) in [6.45, 7) is 3.79. The van der Waals surface area contributed by atoms with Crippen LogP contribution in [0.1, 0.15) is 29.9 Å². The van der Waals surface area contributed by atoms with Gasteiger partial charge in [0.15, 0.2) is 0 Å². The Bertz CT molecular complexity index is 1310. The van der Waals surface area contributed by atoms with Crippen molar-refractivity contribution in [3.05, 3.63) is 95.9 Å². The summed E-state index contributed by atoms with van der Waals surface area (Å²) in [6.07, 6.45) is 1.84. The highest BCUT2D eigenvalue weighted by molar-refractivity contribution is 5.76. The molecule has 2 heterocycles. The first-order valence-electron chi connectivity index (χ1n) is 12.3. The predicted octanol–water partition coefficient (Wildman–Crippen LogP) is 6.03. The van der Waals surface area contributed by atoms with Crippen molar-refractivity contribution < 1.29 is 18.7 Å². The SMILES string of the molecule is COC(=O)C1CCCN1Cc1cccc(OCc2nc(-c3ccc(-c4ccccc4)cc3)oc2C)c1. The number of aromatic nitrogens is 1. The van der Waals surface area contributed by atoms with E-state index in [2.05, 4.69) is 35.2 Å². The van der Waals surface area contributed by atoms with Crippen LogP contribution in [0.4, 0.5) is 0 Å². The molecule has 1 aliphatic rings. The molecule has 0 radical (unpaired) electrons. The lowest BCUT2D eigenvalue weighted by atomic mass is 10.0. The van der Waals surface area contributed by atoms with Crippen molar-refractivity contribution in [3.63, 3.8) is 0 Å². The number of hydrogen-bond donors (Lipinski definition) is 0. The lowest BCUT2D eigenvalue weighted by molar-refractivity contribution is -0.146. The minimum absolute atomic E-state index is 0.160. The highest BCUT2D eigenvalue weighted by atomic mass is 16.5. The van der Waals surface area contributed by atoms with Gasteiger partial charge in [-0.2, -0.15) is 0 Å². The number of carbonyl (C=O) groups excluding carboxylic acids is 1. The van der Waals surface area contributed by atoms with Crippen LogP contribution < -0.4 is 4.74 Å². The van der Waals surface area contributed by atoms with Gasteiger partial charge in [0.1, 0.15) is 29.9 Å². The summed E-state index contributed by atoms with van der Waals surface area (Å²) in [5.74, 6) is 1.93. The molecule has 1 unspecified atom stereocenters. The second kappa shape index (κ2) is 10.8. The molecular weight excluding hydrogens is 452 g/mol. The third-order valence-electron chi connectivity index (χ3n) is 6.63. The number of rotatable bonds is 8. The van der Waals surface area contributed by atoms with E-state index >= 15 is 0 Å². The van der Waals surface area contributed by atoms with Crippen molar-refractivity contribution in [2.24, 2.45) is 0 Å². The first kappa shape index (κ1) is 23.8. The highest BCUT2D eigenvalue weighted by Gasteiger charge is 2.31. The molecule has 184 valence electrons. The number of methoxy groups -OCH3 is 1. The van der Waals surface area contributed by atoms with Crippen LogP contribution in [0.15, 0.2) is 83.3 Å². The summed E-state index contributed by atoms with van der Waals surface area (Å²) in [4.78, 5) is 18.9. The Labute approximate surface area is 211 Å². The zero-order valence-corrected chi connectivity index (χ0v) is 20.6. The molecule has 1 aliphatic heterocycles. The van der Waals surface area contributed by atoms with Gasteiger partial charge in [-0.3, -0.25) is 9.69 Å². The van der Waals surface area contributed by atoms with Gasteiger partial charge in [0.25, 0.3) is 0 Å². The van der Waals surface area contributed by atoms with Gasteiger partial charge < -0.3 is 13.9 Å². The van der Waals surface area contributed by atoms with Crippen LogP contribution in [0.25, 0.3) is 22.6 Å². The Hall–Kier alpha value is -3.90. The first-order chi connectivity index (χ1) is 17.6. The van der Waals surface area contributed by atoms with E-state index in [4.69, 9.17) is 18.9 Å². The molecule has 0 aliphatic carbocycles. The molecular formula is C30H30N2O4. The average Bonchev–Trinajstić information content (AvgIpc) is 3.54. The van der Waals surface area contributed by atoms with Gasteiger partial charge in [0.05, 0.1) is 7.11 Å². The number of likely N-dealkylation sites (tertiary alicyclic amines) is 1. The maximum atomic E-state index is 12.1. The average molecular weight is 483 g/mol. The molecule has 0 N–H and O–H groups in total. The molecule has 36 heavy (non-hydrogen) atoms. The Morgan fingerprint density at radius 2 is 1.75 bits per heavy atom. The first-order valence-corrected chi connectivity index (χ1v) is 12.3. The summed E-state index contributed by atoms with van der Waals surface area (Å²) in [7, 11) is 1.45. The Kier molecular flexibility index (Phi) is 7.14. The van der Waals surface area contributed by atoms with Crippen molar-refractivity contribution >= 4 is 5.97 Å². The molecule has 3 aromatic carbocycles. The molecule has 1 fully saturated rings. The van der Waals surface area contributed by atoms with E-state index in [1.54, 1.807) is 0 Å². The zero-order chi connectivity index (χ0) is 24.9. The van der Waals surface area contributed by atoms with E-state index in [9.17, 15) is 4.79 Å². The standard InChI is InChI=1S/C30H30N2O4/c1-21-27(31-29(36-21)25-15-13-24(14-16-25)23-9-4-3-5-10-23)20-35-26-11-6-8-22(18-26)19-32-17-7-12-28(32)30(33)34-2/h3-6,8-11,13-16,18,28H,7,12,17,19-20H2,1-2H3. The van der Waals surface area contributed by atoms with Crippen molar-refractivity contribution in [3.8, 4) is 28.3 Å². The third-order valence-corrected chi connectivity index (χ3v) is 6.63. The number of aryl methyl sites for hydroxylation is 1. The largest absolute Gasteiger partial charge is 0.487 e. The highest BCUT2D eigenvalue weighted by Crippen LogP contribution is 2.27. The van der Waals surface area contributed by atoms with Crippen LogP contribution in [0.2, 0.25) is 0 Å². The summed E-state index contributed by atoms with van der Waals surface area (Å²) >= 11 is 0. The molecule has 6 heteroatoms. The molecule has 1 saturated heterocycles. The predicted molar refractivity (Wildman–Crippen MR) is 138 cm³/mol. The van der Waals surface area contributed by atoms with Crippen LogP contribution in [-0.4, -0.2) is 35.5 Å². The van der Waals surface area contributed by atoms with Gasteiger partial charge in [-0.1, -0.05) is 54.6 Å². The quantitative estimate of drug-likeness (QED) is 0.286. The fourth-order valence-corrected chi connectivity index (χ4v) is 4.66. The number of esters is 1. The fraction of sp³-hybridized carbons (Fsp3) is 0.267. The van der Waals surface area contributed by atoms with E-state index in [1.165, 1.54) is 12.7 Å². The molecule has 1 aromatic heterocycles. The number of carbonyl (C=O) groups is 1. The normalized spacial score (nSPS) is 15.7. The van der Waals surface area contributed by atoms with Gasteiger partial charge in [-0.25, -0.2) is 4.98 Å². The molecule has 6 nitrogen and oxygen atoms in total. The van der Waals surface area contributed by atoms with Gasteiger partial charge >= 0.3 is 5.97 Å². The van der Waals surface area contributed by atoms with Crippen LogP contribution >= 0.6 is 0 Å². The molecule has 5 rings (SSSR count). The summed E-state index contributed by atoms with van der Waals surface area (Å²) in [6, 6.07) is 26.3. The smallest absolute Gasteiger partial charge is 0.323 e. The Balaban J connectivity index is 1.23. The minimum atomic E-state index is -0.169. The minimum Gasteiger partial charge on any atom is -0.487 e. The van der Waals surface area contributed by atoms with Gasteiger partial charge in [-0.05, 0) is 67.3 Å². The summed E-state index contributed by atoms with van der Waals surface area (Å²) in [5.41, 5.74) is 5.12. The van der Waals surface area contributed by atoms with E-state index < -0.39 is 0 Å². The number of oxazole rings is 1. The third kappa shape index (κ3) is 5.34. The molecule has 4 aromatic rings. The molecule has 0 amide bonds. The van der Waals surface area contributed by atoms with E-state index in [1.807, 2.05) is 55.5 Å². The topological polar surface area (TPSA) is 64.8 Å². The number of hydrogen-bond acceptors (Lipinski definition) is 6. The van der Waals surface area contributed by atoms with Gasteiger partial charge in [0, 0.05) is 12.1 Å². The second-order valence-corrected chi connectivity index (χ2v) is 9.05. The summed E-state index contributed by atoms with van der Waals surface area (Å²) in [5, 5.41) is 0. The maximum Gasteiger partial charge on any atom is 0.323 e. The maximum absolute atomic E-state index is 12.1. The lowest BCUT2D eigenvalue weighted by Crippen LogP contribution is -2.36.